The maximum Gasteiger partial charge on any atom is 0.353 e. The number of halogens is 1. The Kier molecular flexibility index (Phi) is 8.85. The van der Waals surface area contributed by atoms with Gasteiger partial charge in [0.25, 0.3) is 6.17 Å². The number of unbranched alkanes of at least 4 members (excludes halogenated alkanes) is 4. The molecule has 0 aliphatic rings. The summed E-state index contributed by atoms with van der Waals surface area (Å²) in [6.07, 6.45) is 3.30. The summed E-state index contributed by atoms with van der Waals surface area (Å²) < 4.78 is 17.4. The summed E-state index contributed by atoms with van der Waals surface area (Å²) in [5, 5.41) is 0. The van der Waals surface area contributed by atoms with Crippen molar-refractivity contribution in [3.05, 3.63) is 0 Å². The lowest BCUT2D eigenvalue weighted by atomic mass is 10.1. The molecule has 0 saturated carbocycles. The molecule has 1 atom stereocenters. The highest BCUT2D eigenvalue weighted by Crippen LogP contribution is 2.01. The predicted molar refractivity (Wildman–Crippen MR) is 58.1 cm³/mol. The number of esters is 1. The molecule has 0 aromatic rings. The van der Waals surface area contributed by atoms with Gasteiger partial charge in [0.1, 0.15) is 0 Å². The van der Waals surface area contributed by atoms with E-state index in [1.165, 1.54) is 12.8 Å². The van der Waals surface area contributed by atoms with Gasteiger partial charge in [0.2, 0.25) is 0 Å². The van der Waals surface area contributed by atoms with E-state index < -0.39 is 12.1 Å². The molecule has 0 aliphatic carbocycles. The van der Waals surface area contributed by atoms with E-state index >= 15 is 0 Å². The third-order valence-electron chi connectivity index (χ3n) is 1.88. The zero-order valence-electron chi connectivity index (χ0n) is 9.51. The van der Waals surface area contributed by atoms with Crippen LogP contribution in [0.1, 0.15) is 46.0 Å². The van der Waals surface area contributed by atoms with Gasteiger partial charge in [-0.15, -0.1) is 0 Å². The Morgan fingerprint density at radius 1 is 1.33 bits per heavy atom. The number of hydrogen-bond acceptors (Lipinski definition) is 2. The lowest BCUT2D eigenvalue weighted by Crippen LogP contribution is -2.16. The van der Waals surface area contributed by atoms with Crippen molar-refractivity contribution in [2.24, 2.45) is 0 Å². The SMILES string of the molecule is CCCCCCC#CC(F)C(=O)OCC. The number of rotatable bonds is 6. The Labute approximate surface area is 91.2 Å². The highest BCUT2D eigenvalue weighted by Gasteiger charge is 2.14. The first kappa shape index (κ1) is 14.0. The second-order valence-corrected chi connectivity index (χ2v) is 3.25. The Bertz CT molecular complexity index is 228. The highest BCUT2D eigenvalue weighted by molar-refractivity contribution is 5.78. The Morgan fingerprint density at radius 2 is 2.07 bits per heavy atom. The minimum Gasteiger partial charge on any atom is -0.463 e. The van der Waals surface area contributed by atoms with E-state index in [9.17, 15) is 9.18 Å². The lowest BCUT2D eigenvalue weighted by Gasteiger charge is -1.99. The lowest BCUT2D eigenvalue weighted by molar-refractivity contribution is -0.146. The van der Waals surface area contributed by atoms with Gasteiger partial charge in [-0.05, 0) is 13.3 Å². The van der Waals surface area contributed by atoms with Crippen LogP contribution in [-0.4, -0.2) is 18.7 Å². The molecule has 0 radical (unpaired) electrons. The van der Waals surface area contributed by atoms with Gasteiger partial charge in [-0.25, -0.2) is 9.18 Å². The molecule has 0 aliphatic heterocycles. The molecule has 1 unspecified atom stereocenters. The van der Waals surface area contributed by atoms with Crippen LogP contribution in [-0.2, 0) is 9.53 Å². The molecule has 0 saturated heterocycles. The first-order chi connectivity index (χ1) is 7.22. The van der Waals surface area contributed by atoms with Crippen LogP contribution in [0.3, 0.4) is 0 Å². The maximum absolute atomic E-state index is 12.9. The average Bonchev–Trinajstić information content (AvgIpc) is 2.23. The number of carbonyl (C=O) groups is 1. The van der Waals surface area contributed by atoms with E-state index in [1.54, 1.807) is 6.92 Å². The van der Waals surface area contributed by atoms with Gasteiger partial charge in [0.05, 0.1) is 6.61 Å². The van der Waals surface area contributed by atoms with E-state index in [2.05, 4.69) is 23.5 Å². The van der Waals surface area contributed by atoms with E-state index in [0.717, 1.165) is 12.8 Å². The Balaban J connectivity index is 3.61. The monoisotopic (exact) mass is 214 g/mol. The van der Waals surface area contributed by atoms with Crippen molar-refractivity contribution in [1.82, 2.24) is 0 Å². The van der Waals surface area contributed by atoms with Crippen molar-refractivity contribution in [2.75, 3.05) is 6.61 Å². The van der Waals surface area contributed by atoms with Crippen LogP contribution in [0.5, 0.6) is 0 Å². The Morgan fingerprint density at radius 3 is 2.67 bits per heavy atom. The summed E-state index contributed by atoms with van der Waals surface area (Å²) in [5.74, 6) is 4.03. The third-order valence-corrected chi connectivity index (χ3v) is 1.88. The van der Waals surface area contributed by atoms with Gasteiger partial charge in [0.15, 0.2) is 0 Å². The fraction of sp³-hybridized carbons (Fsp3) is 0.750. The van der Waals surface area contributed by atoms with Gasteiger partial charge < -0.3 is 4.74 Å². The minimum absolute atomic E-state index is 0.192. The molecule has 0 spiro atoms. The van der Waals surface area contributed by atoms with Crippen LogP contribution in [0.2, 0.25) is 0 Å². The predicted octanol–water partition coefficient (Wildman–Crippen LogP) is 2.86. The average molecular weight is 214 g/mol. The fourth-order valence-corrected chi connectivity index (χ4v) is 1.08. The van der Waals surface area contributed by atoms with Gasteiger partial charge in [-0.2, -0.15) is 0 Å². The molecule has 0 bridgehead atoms. The van der Waals surface area contributed by atoms with E-state index in [0.29, 0.717) is 6.42 Å². The van der Waals surface area contributed by atoms with Crippen LogP contribution in [0.15, 0.2) is 0 Å². The molecule has 0 fully saturated rings. The molecule has 3 heteroatoms. The number of carbonyl (C=O) groups excluding carboxylic acids is 1. The third kappa shape index (κ3) is 7.99. The first-order valence-corrected chi connectivity index (χ1v) is 5.51. The number of ether oxygens (including phenoxy) is 1. The maximum atomic E-state index is 12.9. The van der Waals surface area contributed by atoms with Gasteiger partial charge in [-0.3, -0.25) is 0 Å². The summed E-state index contributed by atoms with van der Waals surface area (Å²) in [4.78, 5) is 10.8. The van der Waals surface area contributed by atoms with E-state index in [1.807, 2.05) is 0 Å². The zero-order chi connectivity index (χ0) is 11.5. The van der Waals surface area contributed by atoms with E-state index in [4.69, 9.17) is 0 Å². The summed E-state index contributed by atoms with van der Waals surface area (Å²) in [5.41, 5.74) is 0. The standard InChI is InChI=1S/C12H19FO2/c1-3-5-6-7-8-9-10-11(13)12(14)15-4-2/h11H,3-8H2,1-2H3. The molecular formula is C12H19FO2. The molecule has 0 aromatic heterocycles. The smallest absolute Gasteiger partial charge is 0.353 e. The number of hydrogen-bond donors (Lipinski definition) is 0. The first-order valence-electron chi connectivity index (χ1n) is 5.51. The highest BCUT2D eigenvalue weighted by atomic mass is 19.1. The molecule has 0 aromatic carbocycles. The molecule has 0 heterocycles. The van der Waals surface area contributed by atoms with Crippen LogP contribution >= 0.6 is 0 Å². The van der Waals surface area contributed by atoms with Crippen molar-refractivity contribution >= 4 is 5.97 Å². The summed E-state index contributed by atoms with van der Waals surface area (Å²) in [7, 11) is 0. The van der Waals surface area contributed by atoms with Crippen molar-refractivity contribution in [2.45, 2.75) is 52.1 Å². The van der Waals surface area contributed by atoms with Crippen molar-refractivity contribution in [3.63, 3.8) is 0 Å². The van der Waals surface area contributed by atoms with Gasteiger partial charge in [0, 0.05) is 6.42 Å². The van der Waals surface area contributed by atoms with Gasteiger partial charge in [-0.1, -0.05) is 38.0 Å². The van der Waals surface area contributed by atoms with Crippen molar-refractivity contribution in [1.29, 1.82) is 0 Å². The second-order valence-electron chi connectivity index (χ2n) is 3.25. The largest absolute Gasteiger partial charge is 0.463 e. The Hall–Kier alpha value is -1.04. The zero-order valence-corrected chi connectivity index (χ0v) is 9.51. The second kappa shape index (κ2) is 9.51. The normalized spacial score (nSPS) is 11.4. The molecule has 86 valence electrons. The molecule has 15 heavy (non-hydrogen) atoms. The van der Waals surface area contributed by atoms with Crippen LogP contribution in [0.25, 0.3) is 0 Å². The summed E-state index contributed by atoms with van der Waals surface area (Å²) in [6.45, 7) is 3.96. The minimum atomic E-state index is -1.78. The van der Waals surface area contributed by atoms with Crippen molar-refractivity contribution < 1.29 is 13.9 Å². The molecule has 0 N–H and O–H groups in total. The van der Waals surface area contributed by atoms with E-state index in [-0.39, 0.29) is 6.61 Å². The summed E-state index contributed by atoms with van der Waals surface area (Å²) in [6, 6.07) is 0. The quantitative estimate of drug-likeness (QED) is 0.386. The van der Waals surface area contributed by atoms with Crippen molar-refractivity contribution in [3.8, 4) is 11.8 Å². The topological polar surface area (TPSA) is 26.3 Å². The molecule has 0 rings (SSSR count). The molecule has 0 amide bonds. The fourth-order valence-electron chi connectivity index (χ4n) is 1.08. The van der Waals surface area contributed by atoms with Crippen LogP contribution in [0.4, 0.5) is 4.39 Å². The molecular weight excluding hydrogens is 195 g/mol. The summed E-state index contributed by atoms with van der Waals surface area (Å²) >= 11 is 0. The molecule has 2 nitrogen and oxygen atoms in total. The number of alkyl halides is 1. The van der Waals surface area contributed by atoms with Gasteiger partial charge >= 0.3 is 5.97 Å². The van der Waals surface area contributed by atoms with Crippen LogP contribution in [0, 0.1) is 11.8 Å². The van der Waals surface area contributed by atoms with Crippen LogP contribution < -0.4 is 0 Å².